The molecule has 0 aliphatic carbocycles. The van der Waals surface area contributed by atoms with E-state index in [1.165, 1.54) is 11.3 Å². The van der Waals surface area contributed by atoms with E-state index in [4.69, 9.17) is 17.0 Å². The Bertz CT molecular complexity index is 1370. The van der Waals surface area contributed by atoms with Crippen molar-refractivity contribution in [3.63, 3.8) is 0 Å². The maximum absolute atomic E-state index is 12.6. The SMILES string of the molecule is COc1ccccc1NC(=O)CSc1nc2c(sc(=S)n2-c2ccc(C)cc2)c(=O)[nH]1. The number of aromatic nitrogens is 3. The molecule has 0 spiro atoms. The molecule has 7 nitrogen and oxygen atoms in total. The fourth-order valence-corrected chi connectivity index (χ4v) is 4.88. The van der Waals surface area contributed by atoms with Crippen LogP contribution in [-0.2, 0) is 4.79 Å². The predicted octanol–water partition coefficient (Wildman–Crippen LogP) is 4.55. The van der Waals surface area contributed by atoms with Crippen LogP contribution in [-0.4, -0.2) is 33.3 Å². The molecule has 0 atom stereocenters. The van der Waals surface area contributed by atoms with Crippen LogP contribution in [0.2, 0.25) is 0 Å². The number of para-hydroxylation sites is 2. The first kappa shape index (κ1) is 21.3. The van der Waals surface area contributed by atoms with E-state index in [9.17, 15) is 9.59 Å². The van der Waals surface area contributed by atoms with E-state index in [0.29, 0.717) is 30.9 Å². The molecule has 4 aromatic rings. The average Bonchev–Trinajstić information content (AvgIpc) is 3.10. The molecule has 2 heterocycles. The standard InChI is InChI=1S/C21H18N4O3S3/c1-12-7-9-13(10-8-12)25-18-17(31-21(25)29)19(27)24-20(23-18)30-11-16(26)22-14-5-3-4-6-15(14)28-2/h3-10H,11H2,1-2H3,(H,22,26)(H,23,24,27). The summed E-state index contributed by atoms with van der Waals surface area (Å²) in [5.41, 5.74) is 2.75. The fraction of sp³-hybridized carbons (Fsp3) is 0.143. The van der Waals surface area contributed by atoms with Gasteiger partial charge in [0.1, 0.15) is 10.4 Å². The summed E-state index contributed by atoms with van der Waals surface area (Å²) in [6.07, 6.45) is 0. The number of hydrogen-bond acceptors (Lipinski definition) is 7. The normalized spacial score (nSPS) is 10.9. The van der Waals surface area contributed by atoms with E-state index in [1.807, 2.05) is 43.3 Å². The molecule has 0 saturated heterocycles. The zero-order valence-electron chi connectivity index (χ0n) is 16.7. The number of nitrogens with one attached hydrogen (secondary N) is 2. The summed E-state index contributed by atoms with van der Waals surface area (Å²) in [5, 5.41) is 3.15. The van der Waals surface area contributed by atoms with Crippen molar-refractivity contribution >= 4 is 57.3 Å². The second-order valence-corrected chi connectivity index (χ2v) is 9.21. The Balaban J connectivity index is 1.59. The number of aromatic amines is 1. The number of ether oxygens (including phenoxy) is 1. The fourth-order valence-electron chi connectivity index (χ4n) is 2.95. The summed E-state index contributed by atoms with van der Waals surface area (Å²) >= 11 is 7.84. The number of H-pyrrole nitrogens is 1. The van der Waals surface area contributed by atoms with Crippen LogP contribution in [0, 0.1) is 10.9 Å². The van der Waals surface area contributed by atoms with E-state index in [-0.39, 0.29) is 17.2 Å². The minimum atomic E-state index is -0.278. The van der Waals surface area contributed by atoms with Gasteiger partial charge in [-0.2, -0.15) is 0 Å². The van der Waals surface area contributed by atoms with Crippen molar-refractivity contribution in [2.45, 2.75) is 12.1 Å². The topological polar surface area (TPSA) is 89.0 Å². The van der Waals surface area contributed by atoms with Crippen molar-refractivity contribution in [3.05, 3.63) is 68.4 Å². The summed E-state index contributed by atoms with van der Waals surface area (Å²) < 4.78 is 8.01. The molecule has 0 bridgehead atoms. The van der Waals surface area contributed by atoms with Crippen LogP contribution in [0.25, 0.3) is 16.0 Å². The van der Waals surface area contributed by atoms with Gasteiger partial charge in [0.2, 0.25) is 5.91 Å². The number of rotatable bonds is 6. The molecule has 158 valence electrons. The quantitative estimate of drug-likeness (QED) is 0.244. The van der Waals surface area contributed by atoms with Crippen LogP contribution in [0.3, 0.4) is 0 Å². The Morgan fingerprint density at radius 2 is 2.00 bits per heavy atom. The van der Waals surface area contributed by atoms with Gasteiger partial charge in [0.05, 0.1) is 18.6 Å². The highest BCUT2D eigenvalue weighted by atomic mass is 32.2. The number of carbonyl (C=O) groups is 1. The number of methoxy groups -OCH3 is 1. The third kappa shape index (κ3) is 4.55. The Kier molecular flexibility index (Phi) is 6.21. The predicted molar refractivity (Wildman–Crippen MR) is 127 cm³/mol. The summed E-state index contributed by atoms with van der Waals surface area (Å²) in [6.45, 7) is 2.00. The van der Waals surface area contributed by atoms with Crippen molar-refractivity contribution < 1.29 is 9.53 Å². The number of thiazole rings is 1. The lowest BCUT2D eigenvalue weighted by Crippen LogP contribution is -2.16. The lowest BCUT2D eigenvalue weighted by molar-refractivity contribution is -0.113. The number of anilines is 1. The Morgan fingerprint density at radius 3 is 2.74 bits per heavy atom. The lowest BCUT2D eigenvalue weighted by Gasteiger charge is -2.09. The molecule has 1 amide bonds. The third-order valence-electron chi connectivity index (χ3n) is 4.43. The Hall–Kier alpha value is -2.95. The molecule has 10 heteroatoms. The second-order valence-electron chi connectivity index (χ2n) is 6.60. The van der Waals surface area contributed by atoms with E-state index in [0.717, 1.165) is 23.0 Å². The van der Waals surface area contributed by atoms with Crippen molar-refractivity contribution in [1.29, 1.82) is 0 Å². The van der Waals surface area contributed by atoms with Crippen LogP contribution < -0.4 is 15.6 Å². The van der Waals surface area contributed by atoms with Crippen LogP contribution >= 0.6 is 35.3 Å². The first-order chi connectivity index (χ1) is 15.0. The minimum absolute atomic E-state index is 0.0713. The third-order valence-corrected chi connectivity index (χ3v) is 6.67. The number of hydrogen-bond donors (Lipinski definition) is 2. The molecule has 0 aliphatic heterocycles. The van der Waals surface area contributed by atoms with Crippen molar-refractivity contribution in [1.82, 2.24) is 14.5 Å². The van der Waals surface area contributed by atoms with Crippen LogP contribution in [0.5, 0.6) is 5.75 Å². The van der Waals surface area contributed by atoms with Crippen LogP contribution in [0.4, 0.5) is 5.69 Å². The van der Waals surface area contributed by atoms with Gasteiger partial charge in [0.25, 0.3) is 5.56 Å². The van der Waals surface area contributed by atoms with Crippen LogP contribution in [0.1, 0.15) is 5.56 Å². The van der Waals surface area contributed by atoms with Crippen LogP contribution in [0.15, 0.2) is 58.5 Å². The Morgan fingerprint density at radius 1 is 1.26 bits per heavy atom. The lowest BCUT2D eigenvalue weighted by atomic mass is 10.2. The van der Waals surface area contributed by atoms with Gasteiger partial charge in [-0.1, -0.05) is 52.9 Å². The summed E-state index contributed by atoms with van der Waals surface area (Å²) in [5.74, 6) is 0.407. The highest BCUT2D eigenvalue weighted by Gasteiger charge is 2.15. The molecular weight excluding hydrogens is 452 g/mol. The average molecular weight is 471 g/mol. The first-order valence-corrected chi connectivity index (χ1v) is 11.5. The molecule has 2 aromatic heterocycles. The van der Waals surface area contributed by atoms with Gasteiger partial charge >= 0.3 is 0 Å². The number of carbonyl (C=O) groups excluding carboxylic acids is 1. The largest absolute Gasteiger partial charge is 0.495 e. The smallest absolute Gasteiger partial charge is 0.271 e. The van der Waals surface area contributed by atoms with Crippen molar-refractivity contribution in [2.24, 2.45) is 0 Å². The number of amides is 1. The zero-order valence-corrected chi connectivity index (χ0v) is 19.1. The van der Waals surface area contributed by atoms with E-state index in [2.05, 4.69) is 15.3 Å². The first-order valence-electron chi connectivity index (χ1n) is 9.25. The molecule has 0 saturated carbocycles. The summed E-state index contributed by atoms with van der Waals surface area (Å²) in [6, 6.07) is 15.0. The maximum Gasteiger partial charge on any atom is 0.271 e. The molecule has 0 unspecified atom stereocenters. The van der Waals surface area contributed by atoms with Gasteiger partial charge in [-0.25, -0.2) is 4.98 Å². The second kappa shape index (κ2) is 9.04. The Labute approximate surface area is 191 Å². The summed E-state index contributed by atoms with van der Waals surface area (Å²) in [7, 11) is 1.54. The van der Waals surface area contributed by atoms with Crippen molar-refractivity contribution in [3.8, 4) is 11.4 Å². The van der Waals surface area contributed by atoms with Gasteiger partial charge in [0.15, 0.2) is 14.8 Å². The highest BCUT2D eigenvalue weighted by Crippen LogP contribution is 2.26. The van der Waals surface area contributed by atoms with E-state index >= 15 is 0 Å². The van der Waals surface area contributed by atoms with E-state index < -0.39 is 0 Å². The number of benzene rings is 2. The number of nitrogens with zero attached hydrogens (tertiary/aromatic N) is 2. The summed E-state index contributed by atoms with van der Waals surface area (Å²) in [4.78, 5) is 32.3. The van der Waals surface area contributed by atoms with Crippen molar-refractivity contribution in [2.75, 3.05) is 18.2 Å². The molecule has 4 rings (SSSR count). The molecule has 0 fully saturated rings. The molecular formula is C21H18N4O3S3. The zero-order chi connectivity index (χ0) is 22.0. The van der Waals surface area contributed by atoms with Gasteiger partial charge < -0.3 is 15.0 Å². The number of fused-ring (bicyclic) bond motifs is 1. The van der Waals surface area contributed by atoms with E-state index in [1.54, 1.807) is 23.8 Å². The van der Waals surface area contributed by atoms with Gasteiger partial charge in [-0.05, 0) is 43.4 Å². The number of thioether (sulfide) groups is 1. The minimum Gasteiger partial charge on any atom is -0.495 e. The molecule has 2 aromatic carbocycles. The monoisotopic (exact) mass is 470 g/mol. The highest BCUT2D eigenvalue weighted by molar-refractivity contribution is 7.99. The maximum atomic E-state index is 12.6. The van der Waals surface area contributed by atoms with Gasteiger partial charge in [-0.3, -0.25) is 14.2 Å². The van der Waals surface area contributed by atoms with Gasteiger partial charge in [-0.15, -0.1) is 0 Å². The molecule has 2 N–H and O–H groups in total. The van der Waals surface area contributed by atoms with Gasteiger partial charge in [0, 0.05) is 5.69 Å². The number of aryl methyl sites for hydroxylation is 1. The molecule has 0 aliphatic rings. The molecule has 0 radical (unpaired) electrons. The molecule has 31 heavy (non-hydrogen) atoms.